The van der Waals surface area contributed by atoms with Crippen molar-refractivity contribution in [3.8, 4) is 0 Å². The Morgan fingerprint density at radius 2 is 1.19 bits per heavy atom. The Labute approximate surface area is 129 Å². The molecule has 0 aliphatic carbocycles. The van der Waals surface area contributed by atoms with Gasteiger partial charge in [0.05, 0.1) is 0 Å². The van der Waals surface area contributed by atoms with E-state index < -0.39 is 13.5 Å². The van der Waals surface area contributed by atoms with Crippen molar-refractivity contribution in [1.29, 1.82) is 0 Å². The third-order valence-electron chi connectivity index (χ3n) is 3.11. The van der Waals surface area contributed by atoms with Gasteiger partial charge in [-0.15, -0.1) is 0 Å². The molecule has 0 saturated heterocycles. The summed E-state index contributed by atoms with van der Waals surface area (Å²) in [7, 11) is -4.67. The molecule has 0 aromatic heterocycles. The van der Waals surface area contributed by atoms with Crippen molar-refractivity contribution >= 4 is 7.94 Å². The molecule has 0 aliphatic heterocycles. The summed E-state index contributed by atoms with van der Waals surface area (Å²) in [5.41, 5.74) is -1.83. The molecule has 6 nitrogen and oxygen atoms in total. The van der Waals surface area contributed by atoms with Gasteiger partial charge < -0.3 is 0 Å². The Morgan fingerprint density at radius 1 is 0.762 bits per heavy atom. The van der Waals surface area contributed by atoms with Crippen molar-refractivity contribution < 1.29 is 28.9 Å². The predicted octanol–water partition coefficient (Wildman–Crippen LogP) is 2.56. The van der Waals surface area contributed by atoms with E-state index in [9.17, 15) is 14.7 Å². The van der Waals surface area contributed by atoms with Crippen molar-refractivity contribution in [1.82, 2.24) is 0 Å². The topological polar surface area (TPSA) is 88.4 Å². The molecule has 0 heterocycles. The summed E-state index contributed by atoms with van der Waals surface area (Å²) in [4.78, 5) is 29.4. The molecule has 7 heteroatoms. The van der Waals surface area contributed by atoms with Crippen LogP contribution >= 0.6 is 7.94 Å². The second-order valence-corrected chi connectivity index (χ2v) is 7.23. The average Bonchev–Trinajstić information content (AvgIpc) is 2.42. The van der Waals surface area contributed by atoms with Gasteiger partial charge in [-0.05, 0) is 0 Å². The molecule has 130 valence electrons. The molecule has 3 N–H and O–H groups in total. The SMILES string of the molecule is CCCCOCC(OCCCC)(OCCCC)[PH](O)(O)O. The molecule has 0 radical (unpaired) electrons. The van der Waals surface area contributed by atoms with Crippen LogP contribution in [0.5, 0.6) is 0 Å². The molecule has 0 aromatic carbocycles. The van der Waals surface area contributed by atoms with Crippen LogP contribution in [0.4, 0.5) is 0 Å². The second-order valence-electron chi connectivity index (χ2n) is 5.20. The van der Waals surface area contributed by atoms with E-state index in [1.54, 1.807) is 0 Å². The number of hydrogen-bond acceptors (Lipinski definition) is 6. The molecule has 21 heavy (non-hydrogen) atoms. The first-order valence-electron chi connectivity index (χ1n) is 7.96. The van der Waals surface area contributed by atoms with Gasteiger partial charge in [0.15, 0.2) is 0 Å². The Hall–Kier alpha value is 0.190. The summed E-state index contributed by atoms with van der Waals surface area (Å²) >= 11 is 0. The summed E-state index contributed by atoms with van der Waals surface area (Å²) in [6.07, 6.45) is 5.13. The van der Waals surface area contributed by atoms with Crippen LogP contribution in [0.15, 0.2) is 0 Å². The summed E-state index contributed by atoms with van der Waals surface area (Å²) < 4.78 is 16.5. The van der Waals surface area contributed by atoms with E-state index in [4.69, 9.17) is 14.2 Å². The zero-order valence-electron chi connectivity index (χ0n) is 13.6. The first kappa shape index (κ1) is 21.2. The maximum absolute atomic E-state index is 9.80. The molecule has 0 unspecified atom stereocenters. The van der Waals surface area contributed by atoms with Crippen molar-refractivity contribution in [3.63, 3.8) is 0 Å². The van der Waals surface area contributed by atoms with Crippen LogP contribution in [-0.4, -0.2) is 46.6 Å². The van der Waals surface area contributed by atoms with E-state index in [0.717, 1.165) is 38.5 Å². The Bertz CT molecular complexity index is 234. The van der Waals surface area contributed by atoms with Gasteiger partial charge in [-0.1, -0.05) is 0 Å². The van der Waals surface area contributed by atoms with E-state index in [0.29, 0.717) is 6.61 Å². The molecule has 0 spiro atoms. The monoisotopic (exact) mass is 328 g/mol. The van der Waals surface area contributed by atoms with E-state index >= 15 is 0 Å². The maximum atomic E-state index is 9.80. The summed E-state index contributed by atoms with van der Waals surface area (Å²) in [5, 5.41) is 0. The van der Waals surface area contributed by atoms with Crippen LogP contribution in [0.25, 0.3) is 0 Å². The Kier molecular flexibility index (Phi) is 11.8. The summed E-state index contributed by atoms with van der Waals surface area (Å²) in [5.74, 6) is 0. The Morgan fingerprint density at radius 3 is 1.57 bits per heavy atom. The first-order valence-corrected chi connectivity index (χ1v) is 9.80. The van der Waals surface area contributed by atoms with Gasteiger partial charge in [0.2, 0.25) is 0 Å². The zero-order chi connectivity index (χ0) is 16.2. The van der Waals surface area contributed by atoms with E-state index in [-0.39, 0.29) is 19.8 Å². The summed E-state index contributed by atoms with van der Waals surface area (Å²) in [6.45, 7) is 6.92. The number of ether oxygens (including phenoxy) is 3. The Balaban J connectivity index is 4.75. The molecular weight excluding hydrogens is 295 g/mol. The number of hydrogen-bond donors (Lipinski definition) is 3. The quantitative estimate of drug-likeness (QED) is 0.258. The minimum absolute atomic E-state index is 0.170. The zero-order valence-corrected chi connectivity index (χ0v) is 14.6. The second kappa shape index (κ2) is 11.7. The van der Waals surface area contributed by atoms with Crippen LogP contribution < -0.4 is 0 Å². The standard InChI is InChI=1S/C14H33O6P/c1-4-7-10-18-13-14(21(15,16)17,19-11-8-5-2)20-12-9-6-3/h15-17,21H,4-13H2,1-3H3. The van der Waals surface area contributed by atoms with Crippen molar-refractivity contribution in [3.05, 3.63) is 0 Å². The first-order chi connectivity index (χ1) is 9.93. The van der Waals surface area contributed by atoms with E-state index in [1.165, 1.54) is 0 Å². The average molecular weight is 328 g/mol. The van der Waals surface area contributed by atoms with Gasteiger partial charge in [-0.2, -0.15) is 0 Å². The van der Waals surface area contributed by atoms with Crippen molar-refractivity contribution in [2.75, 3.05) is 26.4 Å². The van der Waals surface area contributed by atoms with E-state index in [2.05, 4.69) is 0 Å². The third kappa shape index (κ3) is 8.41. The van der Waals surface area contributed by atoms with Gasteiger partial charge in [-0.25, -0.2) is 0 Å². The van der Waals surface area contributed by atoms with Crippen LogP contribution in [0, 0.1) is 0 Å². The fourth-order valence-electron chi connectivity index (χ4n) is 1.63. The van der Waals surface area contributed by atoms with Crippen LogP contribution in [-0.2, 0) is 14.2 Å². The molecule has 0 atom stereocenters. The normalized spacial score (nSPS) is 13.6. The summed E-state index contributed by atoms with van der Waals surface area (Å²) in [6, 6.07) is 0. The molecule has 0 aromatic rings. The molecule has 0 aliphatic rings. The van der Waals surface area contributed by atoms with E-state index in [1.807, 2.05) is 20.8 Å². The fourth-order valence-corrected chi connectivity index (χ4v) is 2.52. The molecule has 0 bridgehead atoms. The van der Waals surface area contributed by atoms with Crippen LogP contribution in [0.3, 0.4) is 0 Å². The van der Waals surface area contributed by atoms with Crippen LogP contribution in [0.2, 0.25) is 0 Å². The number of rotatable bonds is 14. The predicted molar refractivity (Wildman–Crippen MR) is 85.1 cm³/mol. The molecule has 0 fully saturated rings. The molecule has 0 amide bonds. The minimum atomic E-state index is -4.67. The van der Waals surface area contributed by atoms with Crippen molar-refractivity contribution in [2.24, 2.45) is 0 Å². The third-order valence-corrected chi connectivity index (χ3v) is 4.57. The molecule has 0 saturated carbocycles. The molecule has 0 rings (SSSR count). The fraction of sp³-hybridized carbons (Fsp3) is 1.00. The van der Waals surface area contributed by atoms with Gasteiger partial charge >= 0.3 is 128 Å². The number of unbranched alkanes of at least 4 members (excludes halogenated alkanes) is 3. The van der Waals surface area contributed by atoms with Gasteiger partial charge in [0.1, 0.15) is 0 Å². The van der Waals surface area contributed by atoms with Gasteiger partial charge in [-0.3, -0.25) is 0 Å². The van der Waals surface area contributed by atoms with Crippen molar-refractivity contribution in [2.45, 2.75) is 64.8 Å². The van der Waals surface area contributed by atoms with Gasteiger partial charge in [0.25, 0.3) is 0 Å². The van der Waals surface area contributed by atoms with Gasteiger partial charge in [0, 0.05) is 0 Å². The molecular formula is C14H33O6P. The van der Waals surface area contributed by atoms with Crippen LogP contribution in [0.1, 0.15) is 59.3 Å².